The third kappa shape index (κ3) is 3.88. The fraction of sp³-hybridized carbons (Fsp3) is 0.263. The number of esters is 1. The van der Waals surface area contributed by atoms with E-state index in [4.69, 9.17) is 9.47 Å². The highest BCUT2D eigenvalue weighted by atomic mass is 32.1. The van der Waals surface area contributed by atoms with Crippen molar-refractivity contribution in [3.05, 3.63) is 64.0 Å². The van der Waals surface area contributed by atoms with Crippen LogP contribution in [0.25, 0.3) is 0 Å². The van der Waals surface area contributed by atoms with Crippen molar-refractivity contribution in [2.24, 2.45) is 0 Å². The molecule has 2 heterocycles. The summed E-state index contributed by atoms with van der Waals surface area (Å²) in [6, 6.07) is 10.5. The number of para-hydroxylation sites is 1. The number of ether oxygens (including phenoxy) is 2. The van der Waals surface area contributed by atoms with Gasteiger partial charge in [0.05, 0.1) is 11.6 Å². The lowest BCUT2D eigenvalue weighted by Gasteiger charge is -2.32. The molecule has 0 radical (unpaired) electrons. The molecule has 1 aromatic heterocycles. The molecule has 26 heavy (non-hydrogen) atoms. The van der Waals surface area contributed by atoms with Crippen LogP contribution < -0.4 is 10.1 Å². The maximum atomic E-state index is 12.7. The number of benzene rings is 1. The Bertz CT molecular complexity index is 802. The number of nitrogens with one attached hydrogen (secondary N) is 1. The lowest BCUT2D eigenvalue weighted by Crippen LogP contribution is -2.46. The van der Waals surface area contributed by atoms with Crippen molar-refractivity contribution >= 4 is 23.3 Å². The molecule has 0 unspecified atom stereocenters. The van der Waals surface area contributed by atoms with E-state index in [2.05, 4.69) is 5.32 Å². The van der Waals surface area contributed by atoms with Gasteiger partial charge in [-0.3, -0.25) is 0 Å². The molecule has 1 aliphatic rings. The molecule has 0 fully saturated rings. The number of urea groups is 1. The van der Waals surface area contributed by atoms with Gasteiger partial charge in [0, 0.05) is 12.7 Å². The van der Waals surface area contributed by atoms with Crippen LogP contribution in [0, 0.1) is 0 Å². The topological polar surface area (TPSA) is 67.9 Å². The number of hydrogen-bond donors (Lipinski definition) is 1. The summed E-state index contributed by atoms with van der Waals surface area (Å²) in [6.07, 6.45) is 0. The SMILES string of the molecule is CC1=C(C(=O)OCCOc2ccccc2)[C@@H](c2ccsc2)NC(=O)N1C. The minimum Gasteiger partial charge on any atom is -0.490 e. The third-order valence-electron chi connectivity index (χ3n) is 4.18. The summed E-state index contributed by atoms with van der Waals surface area (Å²) in [5.41, 5.74) is 1.88. The normalized spacial score (nSPS) is 17.1. The maximum Gasteiger partial charge on any atom is 0.338 e. The Morgan fingerprint density at radius 3 is 2.69 bits per heavy atom. The summed E-state index contributed by atoms with van der Waals surface area (Å²) < 4.78 is 10.9. The van der Waals surface area contributed by atoms with E-state index < -0.39 is 12.0 Å². The standard InChI is InChI=1S/C19H20N2O4S/c1-13-16(17(14-8-11-26-12-14)20-19(23)21(13)2)18(22)25-10-9-24-15-6-4-3-5-7-15/h3-8,11-12,17H,9-10H2,1-2H3,(H,20,23)/t17-/m1/s1. The van der Waals surface area contributed by atoms with E-state index in [9.17, 15) is 9.59 Å². The third-order valence-corrected chi connectivity index (χ3v) is 4.88. The van der Waals surface area contributed by atoms with E-state index in [1.165, 1.54) is 16.2 Å². The number of rotatable bonds is 6. The molecule has 7 heteroatoms. The number of carbonyl (C=O) groups excluding carboxylic acids is 2. The van der Waals surface area contributed by atoms with Gasteiger partial charge in [-0.1, -0.05) is 18.2 Å². The second-order valence-electron chi connectivity index (χ2n) is 5.79. The summed E-state index contributed by atoms with van der Waals surface area (Å²) >= 11 is 1.51. The zero-order valence-electron chi connectivity index (χ0n) is 14.6. The number of thiophene rings is 1. The van der Waals surface area contributed by atoms with E-state index in [0.29, 0.717) is 11.3 Å². The van der Waals surface area contributed by atoms with Crippen LogP contribution in [0.3, 0.4) is 0 Å². The van der Waals surface area contributed by atoms with E-state index in [0.717, 1.165) is 11.3 Å². The van der Waals surface area contributed by atoms with Gasteiger partial charge >= 0.3 is 12.0 Å². The van der Waals surface area contributed by atoms with E-state index in [-0.39, 0.29) is 19.2 Å². The van der Waals surface area contributed by atoms with Gasteiger partial charge in [-0.2, -0.15) is 11.3 Å². The molecule has 0 saturated carbocycles. The molecular formula is C19H20N2O4S. The molecule has 0 bridgehead atoms. The van der Waals surface area contributed by atoms with Crippen molar-refractivity contribution in [1.29, 1.82) is 0 Å². The number of allylic oxidation sites excluding steroid dienone is 1. The molecule has 3 rings (SSSR count). The molecule has 136 valence electrons. The Morgan fingerprint density at radius 1 is 1.23 bits per heavy atom. The van der Waals surface area contributed by atoms with Gasteiger partial charge in [0.1, 0.15) is 19.0 Å². The zero-order valence-corrected chi connectivity index (χ0v) is 15.4. The van der Waals surface area contributed by atoms with Crippen LogP contribution in [-0.4, -0.2) is 37.2 Å². The first-order valence-electron chi connectivity index (χ1n) is 8.20. The Hall–Kier alpha value is -2.80. The van der Waals surface area contributed by atoms with Crippen LogP contribution in [-0.2, 0) is 9.53 Å². The lowest BCUT2D eigenvalue weighted by molar-refractivity contribution is -0.140. The van der Waals surface area contributed by atoms with Crippen molar-refractivity contribution in [3.8, 4) is 5.75 Å². The van der Waals surface area contributed by atoms with Gasteiger partial charge < -0.3 is 19.7 Å². The largest absolute Gasteiger partial charge is 0.490 e. The average Bonchev–Trinajstić information content (AvgIpc) is 3.18. The summed E-state index contributed by atoms with van der Waals surface area (Å²) in [5.74, 6) is 0.266. The Morgan fingerprint density at radius 2 is 2.00 bits per heavy atom. The van der Waals surface area contributed by atoms with Gasteiger partial charge in [-0.25, -0.2) is 9.59 Å². The zero-order chi connectivity index (χ0) is 18.5. The molecule has 1 aliphatic heterocycles. The summed E-state index contributed by atoms with van der Waals surface area (Å²) in [4.78, 5) is 26.2. The van der Waals surface area contributed by atoms with Crippen molar-refractivity contribution in [3.63, 3.8) is 0 Å². The van der Waals surface area contributed by atoms with E-state index >= 15 is 0 Å². The minimum absolute atomic E-state index is 0.124. The Balaban J connectivity index is 1.67. The predicted octanol–water partition coefficient (Wildman–Crippen LogP) is 3.34. The van der Waals surface area contributed by atoms with Crippen LogP contribution in [0.4, 0.5) is 4.79 Å². The fourth-order valence-corrected chi connectivity index (χ4v) is 3.36. The van der Waals surface area contributed by atoms with Crippen LogP contribution in [0.1, 0.15) is 18.5 Å². The molecule has 0 saturated heterocycles. The minimum atomic E-state index is -0.507. The molecule has 1 aromatic carbocycles. The smallest absolute Gasteiger partial charge is 0.338 e. The quantitative estimate of drug-likeness (QED) is 0.624. The number of hydrogen-bond acceptors (Lipinski definition) is 5. The second kappa shape index (κ2) is 8.05. The van der Waals surface area contributed by atoms with Crippen molar-refractivity contribution in [2.75, 3.05) is 20.3 Å². The first-order chi connectivity index (χ1) is 12.6. The monoisotopic (exact) mass is 372 g/mol. The highest BCUT2D eigenvalue weighted by molar-refractivity contribution is 7.08. The Labute approximate surface area is 156 Å². The van der Waals surface area contributed by atoms with Gasteiger partial charge in [0.2, 0.25) is 0 Å². The van der Waals surface area contributed by atoms with Crippen LogP contribution in [0.5, 0.6) is 5.75 Å². The molecule has 1 atom stereocenters. The van der Waals surface area contributed by atoms with Gasteiger partial charge in [0.15, 0.2) is 0 Å². The summed E-state index contributed by atoms with van der Waals surface area (Å²) in [5, 5.41) is 6.67. The molecule has 0 aliphatic carbocycles. The predicted molar refractivity (Wildman–Crippen MR) is 99.0 cm³/mol. The average molecular weight is 372 g/mol. The van der Waals surface area contributed by atoms with E-state index in [1.54, 1.807) is 14.0 Å². The van der Waals surface area contributed by atoms with Crippen molar-refractivity contribution in [2.45, 2.75) is 13.0 Å². The molecule has 2 aromatic rings. The second-order valence-corrected chi connectivity index (χ2v) is 6.57. The van der Waals surface area contributed by atoms with Gasteiger partial charge in [0.25, 0.3) is 0 Å². The molecule has 0 spiro atoms. The maximum absolute atomic E-state index is 12.7. The molecule has 6 nitrogen and oxygen atoms in total. The highest BCUT2D eigenvalue weighted by Gasteiger charge is 2.35. The molecule has 2 amide bonds. The summed E-state index contributed by atoms with van der Waals surface area (Å²) in [6.45, 7) is 2.13. The van der Waals surface area contributed by atoms with Crippen LogP contribution in [0.15, 0.2) is 58.4 Å². The van der Waals surface area contributed by atoms with Crippen molar-refractivity contribution in [1.82, 2.24) is 10.2 Å². The first-order valence-corrected chi connectivity index (χ1v) is 9.14. The van der Waals surface area contributed by atoms with Crippen molar-refractivity contribution < 1.29 is 19.1 Å². The number of nitrogens with zero attached hydrogens (tertiary/aromatic N) is 1. The molecular weight excluding hydrogens is 352 g/mol. The number of carbonyl (C=O) groups is 2. The first kappa shape index (κ1) is 18.0. The fourth-order valence-electron chi connectivity index (χ4n) is 2.68. The lowest BCUT2D eigenvalue weighted by atomic mass is 9.97. The summed E-state index contributed by atoms with van der Waals surface area (Å²) in [7, 11) is 1.63. The highest BCUT2D eigenvalue weighted by Crippen LogP contribution is 2.31. The van der Waals surface area contributed by atoms with Gasteiger partial charge in [-0.05, 0) is 41.4 Å². The van der Waals surface area contributed by atoms with Gasteiger partial charge in [-0.15, -0.1) is 0 Å². The van der Waals surface area contributed by atoms with Crippen LogP contribution >= 0.6 is 11.3 Å². The molecule has 1 N–H and O–H groups in total. The number of amides is 2. The Kier molecular flexibility index (Phi) is 5.58. The van der Waals surface area contributed by atoms with Crippen LogP contribution in [0.2, 0.25) is 0 Å². The van der Waals surface area contributed by atoms with E-state index in [1.807, 2.05) is 47.2 Å².